The molecule has 89 valence electrons. The third-order valence-electron chi connectivity index (χ3n) is 2.03. The van der Waals surface area contributed by atoms with Crippen LogP contribution in [0.1, 0.15) is 19.4 Å². The van der Waals surface area contributed by atoms with E-state index in [1.807, 2.05) is 39.0 Å². The first-order valence-corrected chi connectivity index (χ1v) is 5.41. The van der Waals surface area contributed by atoms with Crippen LogP contribution in [0.3, 0.4) is 0 Å². The van der Waals surface area contributed by atoms with Gasteiger partial charge in [-0.25, -0.2) is 0 Å². The normalized spacial score (nSPS) is 12.6. The van der Waals surface area contributed by atoms with Crippen LogP contribution < -0.4 is 9.47 Å². The minimum absolute atomic E-state index is 0.132. The van der Waals surface area contributed by atoms with Crippen molar-refractivity contribution in [1.29, 1.82) is 0 Å². The molecule has 0 aromatic heterocycles. The van der Waals surface area contributed by atoms with E-state index in [4.69, 9.17) is 14.6 Å². The Hall–Kier alpha value is -1.22. The van der Waals surface area contributed by atoms with Crippen LogP contribution in [-0.2, 0) is 0 Å². The van der Waals surface area contributed by atoms with Gasteiger partial charge in [0.05, 0.1) is 12.2 Å². The molecule has 0 fully saturated rings. The molecule has 0 spiro atoms. The van der Waals surface area contributed by atoms with Crippen molar-refractivity contribution in [2.75, 3.05) is 6.61 Å². The van der Waals surface area contributed by atoms with E-state index < -0.39 is 6.10 Å². The average Bonchev–Trinajstić information content (AvgIpc) is 2.18. The Morgan fingerprint density at radius 1 is 1.31 bits per heavy atom. The summed E-state index contributed by atoms with van der Waals surface area (Å²) < 4.78 is 11.1. The molecule has 16 heavy (non-hydrogen) atoms. The van der Waals surface area contributed by atoms with Gasteiger partial charge in [-0.1, -0.05) is 6.07 Å². The average molecular weight is 223 g/mol. The van der Waals surface area contributed by atoms with Crippen molar-refractivity contribution in [3.05, 3.63) is 30.7 Å². The highest BCUT2D eigenvalue weighted by molar-refractivity contribution is 5.43. The van der Waals surface area contributed by atoms with E-state index in [2.05, 4.69) is 6.92 Å². The summed E-state index contributed by atoms with van der Waals surface area (Å²) in [6.45, 7) is 9.53. The first-order valence-electron chi connectivity index (χ1n) is 5.41. The second-order valence-corrected chi connectivity index (χ2v) is 4.01. The Bertz CT molecular complexity index is 332. The number of hydrogen-bond acceptors (Lipinski definition) is 3. The van der Waals surface area contributed by atoms with Crippen LogP contribution in [0.5, 0.6) is 11.5 Å². The van der Waals surface area contributed by atoms with Crippen molar-refractivity contribution in [2.45, 2.75) is 33.0 Å². The molecule has 1 rings (SSSR count). The van der Waals surface area contributed by atoms with E-state index in [9.17, 15) is 0 Å². The quantitative estimate of drug-likeness (QED) is 0.832. The standard InChI is InChI=1S/C13H19O3/c1-9(2)16-13-7-5-6-12(11(13)4)15-8-10(3)14/h5-7,9-10,14H,3,8H2,1-2,4H3. The van der Waals surface area contributed by atoms with Crippen molar-refractivity contribution in [3.8, 4) is 11.5 Å². The maximum Gasteiger partial charge on any atom is 0.126 e. The molecule has 1 unspecified atom stereocenters. The molecule has 0 saturated carbocycles. The smallest absolute Gasteiger partial charge is 0.126 e. The third-order valence-corrected chi connectivity index (χ3v) is 2.03. The fraction of sp³-hybridized carbons (Fsp3) is 0.462. The first kappa shape index (κ1) is 12.8. The van der Waals surface area contributed by atoms with E-state index >= 15 is 0 Å². The first-order chi connectivity index (χ1) is 7.50. The molecule has 1 atom stereocenters. The van der Waals surface area contributed by atoms with Gasteiger partial charge in [0.25, 0.3) is 0 Å². The summed E-state index contributed by atoms with van der Waals surface area (Å²) in [5, 5.41) is 9.05. The molecular weight excluding hydrogens is 204 g/mol. The SMILES string of the molecule is [CH2]C(O)COc1cccc(OC(C)C)c1C. The summed E-state index contributed by atoms with van der Waals surface area (Å²) in [6.07, 6.45) is -0.582. The Morgan fingerprint density at radius 2 is 1.94 bits per heavy atom. The molecule has 1 aromatic carbocycles. The van der Waals surface area contributed by atoms with E-state index in [1.54, 1.807) is 0 Å². The molecule has 0 saturated heterocycles. The fourth-order valence-corrected chi connectivity index (χ4v) is 1.32. The van der Waals surface area contributed by atoms with Crippen LogP contribution in [-0.4, -0.2) is 23.9 Å². The van der Waals surface area contributed by atoms with Crippen molar-refractivity contribution in [2.24, 2.45) is 0 Å². The number of aliphatic hydroxyl groups is 1. The molecule has 3 heteroatoms. The van der Waals surface area contributed by atoms with Crippen LogP contribution in [0.2, 0.25) is 0 Å². The number of ether oxygens (including phenoxy) is 2. The zero-order valence-corrected chi connectivity index (χ0v) is 10.1. The summed E-state index contributed by atoms with van der Waals surface area (Å²) in [4.78, 5) is 0. The highest BCUT2D eigenvalue weighted by Crippen LogP contribution is 2.28. The van der Waals surface area contributed by atoms with Gasteiger partial charge in [0.1, 0.15) is 18.1 Å². The second-order valence-electron chi connectivity index (χ2n) is 4.01. The van der Waals surface area contributed by atoms with Crippen molar-refractivity contribution < 1.29 is 14.6 Å². The van der Waals surface area contributed by atoms with E-state index in [1.165, 1.54) is 0 Å². The molecule has 0 aliphatic carbocycles. The van der Waals surface area contributed by atoms with Gasteiger partial charge < -0.3 is 14.6 Å². The zero-order chi connectivity index (χ0) is 12.1. The second kappa shape index (κ2) is 5.75. The molecule has 1 radical (unpaired) electrons. The summed E-state index contributed by atoms with van der Waals surface area (Å²) in [5.41, 5.74) is 0.942. The number of rotatable bonds is 5. The maximum absolute atomic E-state index is 9.05. The summed E-state index contributed by atoms with van der Waals surface area (Å²) in [5.74, 6) is 1.53. The lowest BCUT2D eigenvalue weighted by Crippen LogP contribution is -2.14. The molecule has 0 heterocycles. The lowest BCUT2D eigenvalue weighted by atomic mass is 10.2. The largest absolute Gasteiger partial charge is 0.491 e. The number of hydrogen-bond donors (Lipinski definition) is 1. The van der Waals surface area contributed by atoms with Gasteiger partial charge in [0, 0.05) is 5.56 Å². The van der Waals surface area contributed by atoms with Crippen molar-refractivity contribution >= 4 is 0 Å². The predicted octanol–water partition coefficient (Wildman–Crippen LogP) is 2.36. The molecular formula is C13H19O3. The number of benzene rings is 1. The van der Waals surface area contributed by atoms with Gasteiger partial charge in [0.15, 0.2) is 0 Å². The van der Waals surface area contributed by atoms with Gasteiger partial charge in [-0.05, 0) is 39.8 Å². The fourth-order valence-electron chi connectivity index (χ4n) is 1.32. The van der Waals surface area contributed by atoms with Gasteiger partial charge in [-0.2, -0.15) is 0 Å². The number of aliphatic hydroxyl groups excluding tert-OH is 1. The minimum Gasteiger partial charge on any atom is -0.491 e. The molecule has 0 aliphatic heterocycles. The topological polar surface area (TPSA) is 38.7 Å². The Labute approximate surface area is 97.0 Å². The van der Waals surface area contributed by atoms with Gasteiger partial charge in [-0.3, -0.25) is 0 Å². The molecule has 3 nitrogen and oxygen atoms in total. The summed E-state index contributed by atoms with van der Waals surface area (Å²) in [6, 6.07) is 5.63. The van der Waals surface area contributed by atoms with E-state index in [0.717, 1.165) is 17.1 Å². The molecule has 0 amide bonds. The summed E-state index contributed by atoms with van der Waals surface area (Å²) >= 11 is 0. The van der Waals surface area contributed by atoms with E-state index in [0.29, 0.717) is 0 Å². The summed E-state index contributed by atoms with van der Waals surface area (Å²) in [7, 11) is 0. The highest BCUT2D eigenvalue weighted by Gasteiger charge is 2.08. The molecule has 1 N–H and O–H groups in total. The predicted molar refractivity (Wildman–Crippen MR) is 63.8 cm³/mol. The van der Waals surface area contributed by atoms with Crippen molar-refractivity contribution in [3.63, 3.8) is 0 Å². The van der Waals surface area contributed by atoms with Crippen LogP contribution in [0.25, 0.3) is 0 Å². The zero-order valence-electron chi connectivity index (χ0n) is 10.1. The van der Waals surface area contributed by atoms with Crippen LogP contribution in [0.4, 0.5) is 0 Å². The van der Waals surface area contributed by atoms with Crippen LogP contribution >= 0.6 is 0 Å². The van der Waals surface area contributed by atoms with Gasteiger partial charge >= 0.3 is 0 Å². The Balaban J connectivity index is 2.78. The molecule has 0 bridgehead atoms. The van der Waals surface area contributed by atoms with Crippen LogP contribution in [0.15, 0.2) is 18.2 Å². The van der Waals surface area contributed by atoms with Crippen LogP contribution in [0, 0.1) is 13.8 Å². The Morgan fingerprint density at radius 3 is 2.50 bits per heavy atom. The van der Waals surface area contributed by atoms with E-state index in [-0.39, 0.29) is 12.7 Å². The lowest BCUT2D eigenvalue weighted by molar-refractivity contribution is 0.141. The highest BCUT2D eigenvalue weighted by atomic mass is 16.5. The van der Waals surface area contributed by atoms with Gasteiger partial charge in [-0.15, -0.1) is 0 Å². The van der Waals surface area contributed by atoms with Gasteiger partial charge in [0.2, 0.25) is 0 Å². The molecule has 0 aliphatic rings. The van der Waals surface area contributed by atoms with Crippen molar-refractivity contribution in [1.82, 2.24) is 0 Å². The Kier molecular flexibility index (Phi) is 4.62. The molecule has 1 aromatic rings. The maximum atomic E-state index is 9.05. The monoisotopic (exact) mass is 223 g/mol. The third kappa shape index (κ3) is 3.74. The minimum atomic E-state index is -0.714. The lowest BCUT2D eigenvalue weighted by Gasteiger charge is -2.16.